The molecule has 1 aromatic carbocycles. The van der Waals surface area contributed by atoms with Crippen LogP contribution in [0, 0.1) is 6.92 Å². The third-order valence-electron chi connectivity index (χ3n) is 3.50. The lowest BCUT2D eigenvalue weighted by Gasteiger charge is -2.16. The smallest absolute Gasteiger partial charge is 0.335 e. The summed E-state index contributed by atoms with van der Waals surface area (Å²) in [5.41, 5.74) is 2.97. The highest BCUT2D eigenvalue weighted by molar-refractivity contribution is 6.14. The Kier molecular flexibility index (Phi) is 6.15. The number of hydrogen-bond donors (Lipinski definition) is 1. The zero-order chi connectivity index (χ0) is 16.0. The van der Waals surface area contributed by atoms with Gasteiger partial charge in [0, 0.05) is 6.92 Å². The van der Waals surface area contributed by atoms with Gasteiger partial charge in [-0.1, -0.05) is 31.7 Å². The van der Waals surface area contributed by atoms with Gasteiger partial charge < -0.3 is 9.84 Å². The monoisotopic (exact) mass is 290 g/mol. The molecule has 1 N–H and O–H groups in total. The van der Waals surface area contributed by atoms with Crippen LogP contribution in [0.3, 0.4) is 0 Å². The maximum atomic E-state index is 11.0. The van der Waals surface area contributed by atoms with E-state index in [2.05, 4.69) is 13.5 Å². The van der Waals surface area contributed by atoms with Crippen molar-refractivity contribution >= 4 is 17.5 Å². The summed E-state index contributed by atoms with van der Waals surface area (Å²) in [4.78, 5) is 21.7. The second-order valence-electron chi connectivity index (χ2n) is 5.24. The lowest BCUT2D eigenvalue weighted by atomic mass is 9.90. The molecule has 0 bridgehead atoms. The van der Waals surface area contributed by atoms with E-state index in [-0.39, 0.29) is 17.5 Å². The Balaban J connectivity index is 2.76. The van der Waals surface area contributed by atoms with Crippen molar-refractivity contribution in [3.8, 4) is 0 Å². The fraction of sp³-hybridized carbons (Fsp3) is 0.412. The van der Waals surface area contributed by atoms with Crippen LogP contribution in [-0.4, -0.2) is 23.7 Å². The van der Waals surface area contributed by atoms with Gasteiger partial charge in [-0.3, -0.25) is 4.79 Å². The van der Waals surface area contributed by atoms with E-state index in [9.17, 15) is 9.59 Å². The Hall–Kier alpha value is -2.10. The van der Waals surface area contributed by atoms with E-state index in [1.807, 2.05) is 19.1 Å². The van der Waals surface area contributed by atoms with Crippen molar-refractivity contribution in [2.24, 2.45) is 0 Å². The molecular weight excluding hydrogens is 268 g/mol. The highest BCUT2D eigenvalue weighted by Crippen LogP contribution is 2.27. The van der Waals surface area contributed by atoms with E-state index in [0.29, 0.717) is 12.2 Å². The summed E-state index contributed by atoms with van der Waals surface area (Å²) in [6.07, 6.45) is 1.65. The summed E-state index contributed by atoms with van der Waals surface area (Å²) in [6, 6.07) is 5.59. The molecule has 0 aliphatic heterocycles. The molecule has 21 heavy (non-hydrogen) atoms. The first-order valence-electron chi connectivity index (χ1n) is 6.99. The van der Waals surface area contributed by atoms with Gasteiger partial charge in [0.2, 0.25) is 0 Å². The van der Waals surface area contributed by atoms with E-state index in [1.54, 1.807) is 6.07 Å². The molecule has 0 spiro atoms. The number of carboxylic acid groups (broad SMARTS) is 1. The molecule has 0 amide bonds. The summed E-state index contributed by atoms with van der Waals surface area (Å²) in [5, 5.41) is 9.01. The van der Waals surface area contributed by atoms with E-state index < -0.39 is 5.97 Å². The Labute approximate surface area is 125 Å². The molecule has 1 aromatic rings. The van der Waals surface area contributed by atoms with Crippen LogP contribution in [0.5, 0.6) is 0 Å². The first-order chi connectivity index (χ1) is 9.82. The Bertz CT molecular complexity index is 546. The molecule has 4 nitrogen and oxygen atoms in total. The molecule has 0 aliphatic carbocycles. The standard InChI is InChI=1S/C17H22O4/c1-11(6-5-9-21-14(4)18)16-10-15(8-7-12(16)2)13(3)17(19)20/h7-8,10-11H,3,5-6,9H2,1-2,4H3,(H,19,20). The number of carboxylic acids is 1. The number of hydrogen-bond acceptors (Lipinski definition) is 3. The quantitative estimate of drug-likeness (QED) is 0.474. The number of carbonyl (C=O) groups excluding carboxylic acids is 1. The number of esters is 1. The summed E-state index contributed by atoms with van der Waals surface area (Å²) in [6.45, 7) is 9.50. The largest absolute Gasteiger partial charge is 0.478 e. The second-order valence-corrected chi connectivity index (χ2v) is 5.24. The van der Waals surface area contributed by atoms with Crippen LogP contribution < -0.4 is 0 Å². The average Bonchev–Trinajstić information content (AvgIpc) is 2.42. The van der Waals surface area contributed by atoms with E-state index in [4.69, 9.17) is 9.84 Å². The van der Waals surface area contributed by atoms with Gasteiger partial charge in [0.05, 0.1) is 12.2 Å². The van der Waals surface area contributed by atoms with Crippen LogP contribution in [0.25, 0.3) is 5.57 Å². The molecule has 1 atom stereocenters. The van der Waals surface area contributed by atoms with E-state index >= 15 is 0 Å². The van der Waals surface area contributed by atoms with Crippen molar-refractivity contribution < 1.29 is 19.4 Å². The van der Waals surface area contributed by atoms with Crippen molar-refractivity contribution in [1.82, 2.24) is 0 Å². The van der Waals surface area contributed by atoms with Gasteiger partial charge >= 0.3 is 11.9 Å². The molecule has 0 saturated heterocycles. The van der Waals surface area contributed by atoms with Crippen LogP contribution in [-0.2, 0) is 14.3 Å². The molecule has 0 fully saturated rings. The molecule has 0 aromatic heterocycles. The van der Waals surface area contributed by atoms with Crippen LogP contribution in [0.2, 0.25) is 0 Å². The van der Waals surface area contributed by atoms with Crippen LogP contribution in [0.4, 0.5) is 0 Å². The Morgan fingerprint density at radius 1 is 1.38 bits per heavy atom. The minimum absolute atomic E-state index is 0.100. The van der Waals surface area contributed by atoms with Crippen LogP contribution in [0.1, 0.15) is 49.3 Å². The number of aryl methyl sites for hydroxylation is 1. The summed E-state index contributed by atoms with van der Waals surface area (Å²) in [5.74, 6) is -1.01. The number of benzene rings is 1. The molecule has 114 valence electrons. The average molecular weight is 290 g/mol. The lowest BCUT2D eigenvalue weighted by molar-refractivity contribution is -0.141. The predicted molar refractivity (Wildman–Crippen MR) is 82.1 cm³/mol. The first kappa shape index (κ1) is 17.0. The maximum Gasteiger partial charge on any atom is 0.335 e. The fourth-order valence-corrected chi connectivity index (χ4v) is 2.24. The van der Waals surface area contributed by atoms with Gasteiger partial charge in [-0.25, -0.2) is 4.79 Å². The minimum Gasteiger partial charge on any atom is -0.478 e. The second kappa shape index (κ2) is 7.62. The molecule has 1 rings (SSSR count). The number of rotatable bonds is 7. The SMILES string of the molecule is C=C(C(=O)O)c1ccc(C)c(C(C)CCCOC(C)=O)c1. The van der Waals surface area contributed by atoms with E-state index in [1.165, 1.54) is 6.92 Å². The molecule has 1 unspecified atom stereocenters. The number of carbonyl (C=O) groups is 2. The van der Waals surface area contributed by atoms with Crippen molar-refractivity contribution in [2.75, 3.05) is 6.61 Å². The van der Waals surface area contributed by atoms with Crippen molar-refractivity contribution in [2.45, 2.75) is 39.5 Å². The summed E-state index contributed by atoms with van der Waals surface area (Å²) >= 11 is 0. The summed E-state index contributed by atoms with van der Waals surface area (Å²) in [7, 11) is 0. The van der Waals surface area contributed by atoms with Crippen LogP contribution >= 0.6 is 0 Å². The Morgan fingerprint density at radius 3 is 2.62 bits per heavy atom. The molecule has 0 radical (unpaired) electrons. The van der Waals surface area contributed by atoms with Crippen molar-refractivity contribution in [3.05, 3.63) is 41.5 Å². The van der Waals surface area contributed by atoms with E-state index in [0.717, 1.165) is 24.0 Å². The number of aliphatic carboxylic acids is 1. The minimum atomic E-state index is -1.01. The topological polar surface area (TPSA) is 63.6 Å². The van der Waals surface area contributed by atoms with Gasteiger partial charge in [0.1, 0.15) is 0 Å². The molecule has 0 aliphatic rings. The molecule has 0 saturated carbocycles. The normalized spacial score (nSPS) is 11.8. The van der Waals surface area contributed by atoms with Crippen molar-refractivity contribution in [3.63, 3.8) is 0 Å². The molecule has 4 heteroatoms. The van der Waals surface area contributed by atoms with Gasteiger partial charge in [-0.2, -0.15) is 0 Å². The third-order valence-corrected chi connectivity index (χ3v) is 3.50. The van der Waals surface area contributed by atoms with Gasteiger partial charge in [-0.05, 0) is 42.4 Å². The third kappa shape index (κ3) is 5.06. The van der Waals surface area contributed by atoms with Crippen LogP contribution in [0.15, 0.2) is 24.8 Å². The van der Waals surface area contributed by atoms with Crippen molar-refractivity contribution in [1.29, 1.82) is 0 Å². The summed E-state index contributed by atoms with van der Waals surface area (Å²) < 4.78 is 4.92. The molecular formula is C17H22O4. The highest BCUT2D eigenvalue weighted by Gasteiger charge is 2.13. The fourth-order valence-electron chi connectivity index (χ4n) is 2.24. The number of ether oxygens (including phenoxy) is 1. The molecule has 0 heterocycles. The van der Waals surface area contributed by atoms with Gasteiger partial charge in [0.15, 0.2) is 0 Å². The zero-order valence-corrected chi connectivity index (χ0v) is 12.8. The first-order valence-corrected chi connectivity index (χ1v) is 6.99. The lowest BCUT2D eigenvalue weighted by Crippen LogP contribution is -2.05. The Morgan fingerprint density at radius 2 is 2.05 bits per heavy atom. The van der Waals surface area contributed by atoms with Gasteiger partial charge in [0.25, 0.3) is 0 Å². The predicted octanol–water partition coefficient (Wildman–Crippen LogP) is 3.54. The zero-order valence-electron chi connectivity index (χ0n) is 12.8. The highest BCUT2D eigenvalue weighted by atomic mass is 16.5. The maximum absolute atomic E-state index is 11.0. The van der Waals surface area contributed by atoms with Gasteiger partial charge in [-0.15, -0.1) is 0 Å².